The van der Waals surface area contributed by atoms with Crippen LogP contribution in [0.4, 0.5) is 0 Å². The van der Waals surface area contributed by atoms with Gasteiger partial charge in [0.2, 0.25) is 0 Å². The Morgan fingerprint density at radius 1 is 0.667 bits per heavy atom. The largest absolute Gasteiger partial charge is 0.455 e. The summed E-state index contributed by atoms with van der Waals surface area (Å²) in [6.07, 6.45) is 22.4. The van der Waals surface area contributed by atoms with Crippen molar-refractivity contribution in [3.63, 3.8) is 0 Å². The average Bonchev–Trinajstić information content (AvgIpc) is 3.58. The van der Waals surface area contributed by atoms with E-state index in [4.69, 9.17) is 9.47 Å². The highest BCUT2D eigenvalue weighted by Gasteiger charge is 2.34. The minimum Gasteiger partial charge on any atom is -0.455 e. The molecule has 246 valence electrons. The number of aliphatic hydroxyl groups is 4. The Morgan fingerprint density at radius 3 is 1.62 bits per heavy atom. The molecule has 0 aliphatic carbocycles. The average molecular weight is 597 g/mol. The van der Waals surface area contributed by atoms with Crippen molar-refractivity contribution in [3.05, 3.63) is 11.6 Å². The monoisotopic (exact) mass is 596 g/mol. The summed E-state index contributed by atoms with van der Waals surface area (Å²) in [4.78, 5) is 11.6. The molecule has 0 bridgehead atoms. The number of hydrogen-bond donors (Lipinski definition) is 4. The van der Waals surface area contributed by atoms with Crippen LogP contribution in [0.5, 0.6) is 0 Å². The number of cyclic esters (lactones) is 1. The summed E-state index contributed by atoms with van der Waals surface area (Å²) in [6.45, 7) is 4.07. The molecule has 0 radical (unpaired) electrons. The zero-order valence-corrected chi connectivity index (χ0v) is 26.9. The van der Waals surface area contributed by atoms with Crippen LogP contribution in [0.15, 0.2) is 11.6 Å². The van der Waals surface area contributed by atoms with Crippen molar-refractivity contribution in [3.8, 4) is 0 Å². The molecule has 0 unspecified atom stereocenters. The molecule has 2 rings (SSSR count). The van der Waals surface area contributed by atoms with Gasteiger partial charge in [-0.05, 0) is 57.9 Å². The topological polar surface area (TPSA) is 116 Å². The van der Waals surface area contributed by atoms with Gasteiger partial charge in [0.05, 0.1) is 36.6 Å². The van der Waals surface area contributed by atoms with E-state index in [0.717, 1.165) is 70.6 Å². The molecular formula is C35H64O7. The van der Waals surface area contributed by atoms with Gasteiger partial charge in [-0.1, -0.05) is 103 Å². The zero-order chi connectivity index (χ0) is 30.6. The summed E-state index contributed by atoms with van der Waals surface area (Å²) in [5.74, 6) is -0.314. The fraction of sp³-hybridized carbons (Fsp3) is 0.914. The standard InChI is InChI=1S/C35H64O7/c1-3-4-5-6-7-8-9-10-11-15-21-31(38)33-23-24-34(42-33)32(39)22-17-16-19-29(36)18-13-12-14-20-30(37)26-28-25-27(2)41-35(28)40/h25,27,29-34,36-39H,3-24,26H2,1-2H3/t27-,29-,30+,31-,32+,33-,34-/m0/s1. The number of aliphatic hydroxyl groups excluding tert-OH is 4. The van der Waals surface area contributed by atoms with Crippen molar-refractivity contribution in [2.75, 3.05) is 0 Å². The highest BCUT2D eigenvalue weighted by atomic mass is 16.5. The third kappa shape index (κ3) is 16.2. The number of unbranched alkanes of at least 4 members (excludes halogenated alkanes) is 12. The predicted molar refractivity (Wildman–Crippen MR) is 168 cm³/mol. The Labute approximate surface area is 256 Å². The van der Waals surface area contributed by atoms with Crippen LogP contribution in [-0.2, 0) is 14.3 Å². The molecule has 7 atom stereocenters. The van der Waals surface area contributed by atoms with Gasteiger partial charge in [-0.15, -0.1) is 0 Å². The van der Waals surface area contributed by atoms with Gasteiger partial charge in [0, 0.05) is 12.0 Å². The van der Waals surface area contributed by atoms with Crippen LogP contribution in [0.3, 0.4) is 0 Å². The number of carbonyl (C=O) groups is 1. The van der Waals surface area contributed by atoms with Crippen LogP contribution < -0.4 is 0 Å². The molecule has 4 N–H and O–H groups in total. The summed E-state index contributed by atoms with van der Waals surface area (Å²) < 4.78 is 11.1. The van der Waals surface area contributed by atoms with E-state index in [9.17, 15) is 25.2 Å². The molecule has 1 saturated heterocycles. The Hall–Kier alpha value is -0.990. The second-order valence-corrected chi connectivity index (χ2v) is 13.1. The molecule has 2 aliphatic rings. The molecule has 7 heteroatoms. The third-order valence-corrected chi connectivity index (χ3v) is 9.11. The van der Waals surface area contributed by atoms with Crippen LogP contribution >= 0.6 is 0 Å². The van der Waals surface area contributed by atoms with E-state index >= 15 is 0 Å². The maximum atomic E-state index is 11.6. The molecule has 1 fully saturated rings. The molecule has 0 spiro atoms. The van der Waals surface area contributed by atoms with Gasteiger partial charge in [-0.3, -0.25) is 0 Å². The van der Waals surface area contributed by atoms with Crippen molar-refractivity contribution in [1.29, 1.82) is 0 Å². The van der Waals surface area contributed by atoms with Gasteiger partial charge in [0.1, 0.15) is 6.10 Å². The van der Waals surface area contributed by atoms with Crippen LogP contribution in [0.2, 0.25) is 0 Å². The number of rotatable bonds is 26. The van der Waals surface area contributed by atoms with Crippen molar-refractivity contribution >= 4 is 5.97 Å². The minimum atomic E-state index is -0.530. The molecule has 42 heavy (non-hydrogen) atoms. The molecule has 0 aromatic carbocycles. The Kier molecular flexibility index (Phi) is 19.9. The van der Waals surface area contributed by atoms with E-state index in [1.165, 1.54) is 57.8 Å². The summed E-state index contributed by atoms with van der Waals surface area (Å²) in [6, 6.07) is 0. The zero-order valence-electron chi connectivity index (χ0n) is 26.9. The SMILES string of the molecule is CCCCCCCCCCCC[C@H](O)[C@@H]1CC[C@@H]([C@H](O)CCCC[C@@H](O)CCCCC[C@@H](O)CC2=C[C@H](C)OC2=O)O1. The van der Waals surface area contributed by atoms with Gasteiger partial charge in [-0.2, -0.15) is 0 Å². The van der Waals surface area contributed by atoms with Gasteiger partial charge >= 0.3 is 5.97 Å². The lowest BCUT2D eigenvalue weighted by atomic mass is 9.99. The molecule has 0 aromatic rings. The predicted octanol–water partition coefficient (Wildman–Crippen LogP) is 7.06. The van der Waals surface area contributed by atoms with E-state index in [1.807, 2.05) is 6.92 Å². The number of ether oxygens (including phenoxy) is 2. The van der Waals surface area contributed by atoms with E-state index in [0.29, 0.717) is 24.8 Å². The number of esters is 1. The normalized spacial score (nSPS) is 23.5. The van der Waals surface area contributed by atoms with Crippen LogP contribution in [-0.4, -0.2) is 69.1 Å². The van der Waals surface area contributed by atoms with Crippen molar-refractivity contribution in [2.24, 2.45) is 0 Å². The Balaban J connectivity index is 1.41. The third-order valence-electron chi connectivity index (χ3n) is 9.11. The van der Waals surface area contributed by atoms with Gasteiger partial charge in [-0.25, -0.2) is 4.79 Å². The fourth-order valence-corrected chi connectivity index (χ4v) is 6.42. The molecule has 0 amide bonds. The summed E-state index contributed by atoms with van der Waals surface area (Å²) in [5, 5.41) is 41.7. The first-order valence-corrected chi connectivity index (χ1v) is 17.6. The maximum Gasteiger partial charge on any atom is 0.334 e. The van der Waals surface area contributed by atoms with Gasteiger partial charge in [0.15, 0.2) is 0 Å². The minimum absolute atomic E-state index is 0.147. The molecule has 2 aliphatic heterocycles. The van der Waals surface area contributed by atoms with Crippen molar-refractivity contribution in [2.45, 2.75) is 204 Å². The van der Waals surface area contributed by atoms with Crippen LogP contribution in [0.25, 0.3) is 0 Å². The Bertz CT molecular complexity index is 726. The molecule has 7 nitrogen and oxygen atoms in total. The van der Waals surface area contributed by atoms with Gasteiger partial charge < -0.3 is 29.9 Å². The lowest BCUT2D eigenvalue weighted by molar-refractivity contribution is -0.139. The van der Waals surface area contributed by atoms with Crippen LogP contribution in [0, 0.1) is 0 Å². The van der Waals surface area contributed by atoms with E-state index in [2.05, 4.69) is 6.92 Å². The fourth-order valence-electron chi connectivity index (χ4n) is 6.42. The van der Waals surface area contributed by atoms with Crippen molar-refractivity contribution in [1.82, 2.24) is 0 Å². The second kappa shape index (κ2) is 22.5. The van der Waals surface area contributed by atoms with Gasteiger partial charge in [0.25, 0.3) is 0 Å². The quantitative estimate of drug-likeness (QED) is 0.0624. The first-order chi connectivity index (χ1) is 20.3. The molecule has 0 aromatic heterocycles. The highest BCUT2D eigenvalue weighted by molar-refractivity contribution is 5.90. The summed E-state index contributed by atoms with van der Waals surface area (Å²) in [7, 11) is 0. The number of hydrogen-bond acceptors (Lipinski definition) is 7. The van der Waals surface area contributed by atoms with E-state index in [1.54, 1.807) is 6.08 Å². The first kappa shape index (κ1) is 37.2. The highest BCUT2D eigenvalue weighted by Crippen LogP contribution is 2.28. The van der Waals surface area contributed by atoms with Crippen molar-refractivity contribution < 1.29 is 34.7 Å². The second-order valence-electron chi connectivity index (χ2n) is 13.1. The molecule has 2 heterocycles. The lowest BCUT2D eigenvalue weighted by Gasteiger charge is -2.22. The molecule has 0 saturated carbocycles. The summed E-state index contributed by atoms with van der Waals surface area (Å²) in [5.41, 5.74) is 0.576. The summed E-state index contributed by atoms with van der Waals surface area (Å²) >= 11 is 0. The maximum absolute atomic E-state index is 11.6. The smallest absolute Gasteiger partial charge is 0.334 e. The Morgan fingerprint density at radius 2 is 1.10 bits per heavy atom. The van der Waals surface area contributed by atoms with Crippen LogP contribution in [0.1, 0.15) is 162 Å². The number of carbonyl (C=O) groups excluding carboxylic acids is 1. The first-order valence-electron chi connectivity index (χ1n) is 17.6. The van der Waals surface area contributed by atoms with E-state index < -0.39 is 18.3 Å². The lowest BCUT2D eigenvalue weighted by Crippen LogP contribution is -2.31. The van der Waals surface area contributed by atoms with E-state index in [-0.39, 0.29) is 30.4 Å². The molecular weight excluding hydrogens is 532 g/mol.